The molecule has 0 heterocycles. The van der Waals surface area contributed by atoms with Crippen molar-refractivity contribution >= 4 is 5.96 Å². The van der Waals surface area contributed by atoms with E-state index in [1.165, 1.54) is 0 Å². The molecular formula is CH9N7O4. The molecule has 0 aliphatic rings. The fraction of sp³-hybridized carbons (Fsp3) is 0. The van der Waals surface area contributed by atoms with Crippen molar-refractivity contribution < 1.29 is 10.1 Å². The van der Waals surface area contributed by atoms with E-state index < -0.39 is 10.1 Å². The molecule has 12 heavy (non-hydrogen) atoms. The van der Waals surface area contributed by atoms with Crippen LogP contribution in [0.1, 0.15) is 0 Å². The van der Waals surface area contributed by atoms with Gasteiger partial charge in [-0.25, -0.2) is 20.2 Å². The number of nitro groups is 2. The van der Waals surface area contributed by atoms with Crippen molar-refractivity contribution in [3.05, 3.63) is 20.2 Å². The Labute approximate surface area is 66.0 Å². The second-order valence-electron chi connectivity index (χ2n) is 1.03. The van der Waals surface area contributed by atoms with E-state index in [0.29, 0.717) is 0 Å². The summed E-state index contributed by atoms with van der Waals surface area (Å²) in [4.78, 5) is 17.2. The molecule has 0 aromatic rings. The summed E-state index contributed by atoms with van der Waals surface area (Å²) < 4.78 is 0. The van der Waals surface area contributed by atoms with Gasteiger partial charge in [-0.3, -0.25) is 5.41 Å². The SMILES string of the molecule is N=C(N)N.N[N+](=O)[O-].N[N+](=O)[O-]. The van der Waals surface area contributed by atoms with E-state index in [9.17, 15) is 0 Å². The summed E-state index contributed by atoms with van der Waals surface area (Å²) in [5.41, 5.74) is 8.94. The number of nitrogens with one attached hydrogen (secondary N) is 1. The minimum atomic E-state index is -1.00. The molecule has 11 heteroatoms. The van der Waals surface area contributed by atoms with Crippen LogP contribution in [-0.2, 0) is 0 Å². The Morgan fingerprint density at radius 1 is 1.08 bits per heavy atom. The van der Waals surface area contributed by atoms with Crippen LogP contribution in [0.3, 0.4) is 0 Å². The van der Waals surface area contributed by atoms with Gasteiger partial charge < -0.3 is 11.5 Å². The second-order valence-corrected chi connectivity index (χ2v) is 1.03. The molecule has 0 saturated carbocycles. The van der Waals surface area contributed by atoms with Gasteiger partial charge in [-0.05, 0) is 0 Å². The predicted molar refractivity (Wildman–Crippen MR) is 38.5 cm³/mol. The van der Waals surface area contributed by atoms with E-state index >= 15 is 0 Å². The van der Waals surface area contributed by atoms with E-state index in [-0.39, 0.29) is 5.96 Å². The van der Waals surface area contributed by atoms with Crippen molar-refractivity contribution in [2.75, 3.05) is 0 Å². The van der Waals surface area contributed by atoms with Crippen molar-refractivity contribution in [2.24, 2.45) is 23.2 Å². The van der Waals surface area contributed by atoms with Gasteiger partial charge in [0.2, 0.25) is 0 Å². The van der Waals surface area contributed by atoms with Crippen LogP contribution in [0.15, 0.2) is 0 Å². The maximum Gasteiger partial charge on any atom is 0.183 e. The summed E-state index contributed by atoms with van der Waals surface area (Å²) in [5, 5.41) is 21.2. The Balaban J connectivity index is -0.000000101. The Morgan fingerprint density at radius 2 is 1.08 bits per heavy atom. The Bertz CT molecular complexity index is 113. The van der Waals surface area contributed by atoms with E-state index in [4.69, 9.17) is 25.6 Å². The van der Waals surface area contributed by atoms with E-state index in [0.717, 1.165) is 0 Å². The number of guanidine groups is 1. The lowest BCUT2D eigenvalue weighted by molar-refractivity contribution is -0.491. The lowest BCUT2D eigenvalue weighted by Crippen LogP contribution is -2.20. The first-order valence-corrected chi connectivity index (χ1v) is 2.07. The zero-order chi connectivity index (χ0) is 10.7. The van der Waals surface area contributed by atoms with Gasteiger partial charge in [0.05, 0.1) is 0 Å². The topological polar surface area (TPSA) is 214 Å². The summed E-state index contributed by atoms with van der Waals surface area (Å²) in [6.07, 6.45) is 0. The number of hydrogen-bond acceptors (Lipinski definition) is 5. The van der Waals surface area contributed by atoms with E-state index in [2.05, 4.69) is 23.2 Å². The summed E-state index contributed by atoms with van der Waals surface area (Å²) in [5.74, 6) is 7.33. The normalized spacial score (nSPS) is 6.00. The standard InChI is InChI=1S/CH5N3.2H2N2O2/c2-1(3)4;2*1-2(3)4/h(H5,2,3,4);2*1H2. The third kappa shape index (κ3) is 62.9. The zero-order valence-corrected chi connectivity index (χ0v) is 5.84. The van der Waals surface area contributed by atoms with Crippen molar-refractivity contribution in [1.82, 2.24) is 0 Å². The molecule has 0 rings (SSSR count). The molecule has 0 aliphatic heterocycles. The lowest BCUT2D eigenvalue weighted by atomic mass is 11.1. The molecule has 0 aromatic carbocycles. The molecule has 72 valence electrons. The van der Waals surface area contributed by atoms with Crippen LogP contribution in [0.5, 0.6) is 0 Å². The fourth-order valence-electron chi connectivity index (χ4n) is 0. The maximum atomic E-state index is 8.58. The molecule has 0 aliphatic carbocycles. The maximum absolute atomic E-state index is 8.58. The van der Waals surface area contributed by atoms with Crippen LogP contribution in [0, 0.1) is 25.6 Å². The van der Waals surface area contributed by atoms with E-state index in [1.807, 2.05) is 0 Å². The molecule has 9 N–H and O–H groups in total. The van der Waals surface area contributed by atoms with Gasteiger partial charge in [0.15, 0.2) is 16.0 Å². The Hall–Kier alpha value is -2.33. The summed E-state index contributed by atoms with van der Waals surface area (Å²) in [6.45, 7) is 0. The molecule has 0 unspecified atom stereocenters. The third-order valence-electron chi connectivity index (χ3n) is 0. The summed E-state index contributed by atoms with van der Waals surface area (Å²) >= 11 is 0. The highest BCUT2D eigenvalue weighted by Gasteiger charge is 1.57. The molecule has 0 spiro atoms. The molecule has 0 saturated heterocycles. The van der Waals surface area contributed by atoms with Gasteiger partial charge in [0, 0.05) is 0 Å². The quantitative estimate of drug-likeness (QED) is 0.0860. The largest absolute Gasteiger partial charge is 0.370 e. The first-order chi connectivity index (χ1) is 5.20. The average Bonchev–Trinajstić information content (AvgIpc) is 1.54. The molecule has 0 radical (unpaired) electrons. The predicted octanol–water partition coefficient (Wildman–Crippen LogP) is -2.89. The van der Waals surface area contributed by atoms with Crippen molar-refractivity contribution in [3.63, 3.8) is 0 Å². The van der Waals surface area contributed by atoms with Gasteiger partial charge in [-0.15, -0.1) is 0 Å². The molecule has 0 fully saturated rings. The average molecular weight is 183 g/mol. The van der Waals surface area contributed by atoms with Gasteiger partial charge >= 0.3 is 0 Å². The smallest absolute Gasteiger partial charge is 0.183 e. The van der Waals surface area contributed by atoms with Crippen LogP contribution in [-0.4, -0.2) is 16.0 Å². The number of nitrogens with two attached hydrogens (primary N) is 4. The number of hydrazine groups is 2. The van der Waals surface area contributed by atoms with Crippen LogP contribution < -0.4 is 23.2 Å². The third-order valence-corrected chi connectivity index (χ3v) is 0. The highest BCUT2D eigenvalue weighted by Crippen LogP contribution is 1.29. The molecule has 11 nitrogen and oxygen atoms in total. The monoisotopic (exact) mass is 183 g/mol. The van der Waals surface area contributed by atoms with Crippen molar-refractivity contribution in [1.29, 1.82) is 5.41 Å². The highest BCUT2D eigenvalue weighted by molar-refractivity contribution is 5.71. The summed E-state index contributed by atoms with van der Waals surface area (Å²) in [6, 6.07) is 0. The first-order valence-electron chi connectivity index (χ1n) is 2.07. The number of rotatable bonds is 0. The molecule has 0 atom stereocenters. The molecule has 0 bridgehead atoms. The van der Waals surface area contributed by atoms with Crippen LogP contribution in [0.25, 0.3) is 0 Å². The zero-order valence-electron chi connectivity index (χ0n) is 5.84. The van der Waals surface area contributed by atoms with Gasteiger partial charge in [0.25, 0.3) is 0 Å². The van der Waals surface area contributed by atoms with Gasteiger partial charge in [0.1, 0.15) is 0 Å². The van der Waals surface area contributed by atoms with Gasteiger partial charge in [-0.2, -0.15) is 11.7 Å². The van der Waals surface area contributed by atoms with Crippen LogP contribution in [0.2, 0.25) is 0 Å². The molecule has 0 aromatic heterocycles. The number of nitrogens with zero attached hydrogens (tertiary/aromatic N) is 2. The lowest BCUT2D eigenvalue weighted by Gasteiger charge is -1.69. The number of hydrogen-bond donors (Lipinski definition) is 5. The second kappa shape index (κ2) is 11.5. The van der Waals surface area contributed by atoms with Crippen LogP contribution in [0.4, 0.5) is 0 Å². The Kier molecular flexibility index (Phi) is 15.6. The van der Waals surface area contributed by atoms with Gasteiger partial charge in [-0.1, -0.05) is 0 Å². The fourth-order valence-corrected chi connectivity index (χ4v) is 0. The summed E-state index contributed by atoms with van der Waals surface area (Å²) in [7, 11) is 0. The molecular weight excluding hydrogens is 174 g/mol. The molecule has 0 amide bonds. The van der Waals surface area contributed by atoms with Crippen molar-refractivity contribution in [2.45, 2.75) is 0 Å². The Morgan fingerprint density at radius 3 is 1.08 bits per heavy atom. The highest BCUT2D eigenvalue weighted by atomic mass is 16.7. The minimum absolute atomic E-state index is 0.333. The first kappa shape index (κ1) is 16.3. The van der Waals surface area contributed by atoms with Crippen molar-refractivity contribution in [3.8, 4) is 0 Å². The minimum Gasteiger partial charge on any atom is -0.370 e. The van der Waals surface area contributed by atoms with Crippen LogP contribution >= 0.6 is 0 Å². The van der Waals surface area contributed by atoms with E-state index in [1.54, 1.807) is 0 Å².